The van der Waals surface area contributed by atoms with E-state index in [0.29, 0.717) is 5.92 Å². The molecule has 0 bridgehead atoms. The van der Waals surface area contributed by atoms with Gasteiger partial charge in [-0.15, -0.1) is 5.92 Å². The van der Waals surface area contributed by atoms with Gasteiger partial charge in [-0.25, -0.2) is 0 Å². The highest BCUT2D eigenvalue weighted by molar-refractivity contribution is 5.80. The minimum atomic E-state index is -0.401. The Labute approximate surface area is 109 Å². The van der Waals surface area contributed by atoms with Crippen LogP contribution in [-0.2, 0) is 14.3 Å². The van der Waals surface area contributed by atoms with Crippen molar-refractivity contribution in [1.82, 2.24) is 0 Å². The first-order valence-corrected chi connectivity index (χ1v) is 6.66. The Morgan fingerprint density at radius 3 is 2.56 bits per heavy atom. The van der Waals surface area contributed by atoms with Crippen molar-refractivity contribution < 1.29 is 14.3 Å². The fraction of sp³-hybridized carbons (Fsp3) is 0.800. The van der Waals surface area contributed by atoms with Crippen LogP contribution in [0.3, 0.4) is 0 Å². The first-order valence-electron chi connectivity index (χ1n) is 6.66. The maximum absolute atomic E-state index is 11.7. The average Bonchev–Trinajstić information content (AvgIpc) is 2.60. The van der Waals surface area contributed by atoms with E-state index in [-0.39, 0.29) is 29.3 Å². The molecule has 0 amide bonds. The lowest BCUT2D eigenvalue weighted by molar-refractivity contribution is -0.182. The number of carbonyl (C=O) groups excluding carboxylic acids is 1. The molecule has 1 saturated heterocycles. The average molecular weight is 250 g/mol. The van der Waals surface area contributed by atoms with E-state index in [0.717, 1.165) is 6.42 Å². The third-order valence-electron chi connectivity index (χ3n) is 3.98. The molecule has 0 N–H and O–H groups in total. The van der Waals surface area contributed by atoms with Gasteiger partial charge in [-0.1, -0.05) is 33.6 Å². The lowest BCUT2D eigenvalue weighted by atomic mass is 10.1. The van der Waals surface area contributed by atoms with Gasteiger partial charge in [0, 0.05) is 5.92 Å². The molecule has 2 fully saturated rings. The topological polar surface area (TPSA) is 35.5 Å². The summed E-state index contributed by atoms with van der Waals surface area (Å²) in [5.41, 5.74) is 0.0298. The SMILES string of the molecule is CC#C[C@H](CC(C)C)O[C@@H]1OC(=O)[C@@H]2[C@H]1C2(C)C. The normalized spacial score (nSPS) is 33.4. The van der Waals surface area contributed by atoms with E-state index in [1.54, 1.807) is 6.92 Å². The third-order valence-corrected chi connectivity index (χ3v) is 3.98. The van der Waals surface area contributed by atoms with Crippen molar-refractivity contribution in [2.75, 3.05) is 0 Å². The molecular weight excluding hydrogens is 228 g/mol. The van der Waals surface area contributed by atoms with E-state index in [9.17, 15) is 4.79 Å². The number of hydrogen-bond acceptors (Lipinski definition) is 3. The summed E-state index contributed by atoms with van der Waals surface area (Å²) in [5, 5.41) is 0. The molecule has 0 spiro atoms. The van der Waals surface area contributed by atoms with Crippen molar-refractivity contribution in [3.8, 4) is 11.8 Å². The number of esters is 1. The van der Waals surface area contributed by atoms with Gasteiger partial charge in [-0.05, 0) is 24.7 Å². The van der Waals surface area contributed by atoms with Gasteiger partial charge in [0.1, 0.15) is 6.10 Å². The molecule has 1 heterocycles. The van der Waals surface area contributed by atoms with E-state index in [2.05, 4.69) is 39.5 Å². The molecule has 3 heteroatoms. The van der Waals surface area contributed by atoms with Crippen molar-refractivity contribution in [2.45, 2.75) is 53.4 Å². The highest BCUT2D eigenvalue weighted by atomic mass is 16.7. The van der Waals surface area contributed by atoms with Crippen molar-refractivity contribution in [3.63, 3.8) is 0 Å². The van der Waals surface area contributed by atoms with Crippen molar-refractivity contribution in [1.29, 1.82) is 0 Å². The maximum Gasteiger partial charge on any atom is 0.312 e. The third kappa shape index (κ3) is 2.27. The predicted molar refractivity (Wildman–Crippen MR) is 68.4 cm³/mol. The first-order chi connectivity index (χ1) is 8.37. The monoisotopic (exact) mass is 250 g/mol. The lowest BCUT2D eigenvalue weighted by Gasteiger charge is -2.22. The summed E-state index contributed by atoms with van der Waals surface area (Å²) in [6.07, 6.45) is 0.331. The lowest BCUT2D eigenvalue weighted by Crippen LogP contribution is -2.28. The standard InChI is InChI=1S/C15H22O3/c1-6-7-10(8-9(2)3)17-14-12-11(13(16)18-14)15(12,4)5/h9-12,14H,8H2,1-5H3/t10-,11+,12-,14-/m1/s1. The van der Waals surface area contributed by atoms with Crippen LogP contribution in [-0.4, -0.2) is 18.4 Å². The second-order valence-corrected chi connectivity index (χ2v) is 6.28. The van der Waals surface area contributed by atoms with E-state index >= 15 is 0 Å². The van der Waals surface area contributed by atoms with Gasteiger partial charge in [0.2, 0.25) is 6.29 Å². The van der Waals surface area contributed by atoms with Crippen LogP contribution in [0.15, 0.2) is 0 Å². The fourth-order valence-corrected chi connectivity index (χ4v) is 2.91. The largest absolute Gasteiger partial charge is 0.435 e. The number of cyclic esters (lactones) is 1. The Kier molecular flexibility index (Phi) is 3.42. The molecule has 4 atom stereocenters. The summed E-state index contributed by atoms with van der Waals surface area (Å²) in [6, 6.07) is 0. The van der Waals surface area contributed by atoms with Crippen LogP contribution in [0.2, 0.25) is 0 Å². The summed E-state index contributed by atoms with van der Waals surface area (Å²) < 4.78 is 11.2. The molecule has 2 rings (SSSR count). The van der Waals surface area contributed by atoms with E-state index in [1.165, 1.54) is 0 Å². The molecular formula is C15H22O3. The smallest absolute Gasteiger partial charge is 0.312 e. The number of carbonyl (C=O) groups is 1. The zero-order valence-electron chi connectivity index (χ0n) is 11.8. The Hall–Kier alpha value is -1.01. The molecule has 1 saturated carbocycles. The summed E-state index contributed by atoms with van der Waals surface area (Å²) >= 11 is 0. The second kappa shape index (κ2) is 4.59. The predicted octanol–water partition coefficient (Wildman–Crippen LogP) is 2.60. The van der Waals surface area contributed by atoms with Crippen LogP contribution >= 0.6 is 0 Å². The van der Waals surface area contributed by atoms with E-state index in [1.807, 2.05) is 0 Å². The van der Waals surface area contributed by atoms with Gasteiger partial charge >= 0.3 is 5.97 Å². The van der Waals surface area contributed by atoms with Gasteiger partial charge in [0.15, 0.2) is 0 Å². The number of hydrogen-bond donors (Lipinski definition) is 0. The van der Waals surface area contributed by atoms with Crippen LogP contribution in [0.1, 0.15) is 41.0 Å². The second-order valence-electron chi connectivity index (χ2n) is 6.28. The van der Waals surface area contributed by atoms with Crippen LogP contribution in [0.5, 0.6) is 0 Å². The number of ether oxygens (including phenoxy) is 2. The molecule has 2 aliphatic rings. The number of rotatable bonds is 4. The Morgan fingerprint density at radius 2 is 2.11 bits per heavy atom. The molecule has 0 aromatic heterocycles. The Balaban J connectivity index is 2.00. The molecule has 1 aliphatic heterocycles. The minimum Gasteiger partial charge on any atom is -0.435 e. The van der Waals surface area contributed by atoms with Crippen LogP contribution in [0.4, 0.5) is 0 Å². The summed E-state index contributed by atoms with van der Waals surface area (Å²) in [7, 11) is 0. The van der Waals surface area contributed by atoms with Crippen LogP contribution in [0.25, 0.3) is 0 Å². The van der Waals surface area contributed by atoms with E-state index in [4.69, 9.17) is 9.47 Å². The quantitative estimate of drug-likeness (QED) is 0.568. The molecule has 100 valence electrons. The molecule has 18 heavy (non-hydrogen) atoms. The molecule has 0 unspecified atom stereocenters. The highest BCUT2D eigenvalue weighted by Crippen LogP contribution is 2.64. The van der Waals surface area contributed by atoms with Crippen LogP contribution < -0.4 is 0 Å². The summed E-state index contributed by atoms with van der Waals surface area (Å²) in [4.78, 5) is 11.7. The van der Waals surface area contributed by atoms with Gasteiger partial charge < -0.3 is 9.47 Å². The Morgan fingerprint density at radius 1 is 1.44 bits per heavy atom. The highest BCUT2D eigenvalue weighted by Gasteiger charge is 2.72. The van der Waals surface area contributed by atoms with Gasteiger partial charge in [-0.3, -0.25) is 4.79 Å². The van der Waals surface area contributed by atoms with Crippen molar-refractivity contribution in [3.05, 3.63) is 0 Å². The first kappa shape index (κ1) is 13.4. The van der Waals surface area contributed by atoms with Gasteiger partial charge in [0.25, 0.3) is 0 Å². The van der Waals surface area contributed by atoms with Crippen LogP contribution in [0, 0.1) is 35.0 Å². The zero-order valence-corrected chi connectivity index (χ0v) is 11.8. The zero-order chi connectivity index (χ0) is 13.5. The minimum absolute atomic E-state index is 0.0248. The molecule has 3 nitrogen and oxygen atoms in total. The van der Waals surface area contributed by atoms with Gasteiger partial charge in [-0.2, -0.15) is 0 Å². The molecule has 1 aliphatic carbocycles. The Bertz CT molecular complexity index is 400. The van der Waals surface area contributed by atoms with Crippen molar-refractivity contribution >= 4 is 5.97 Å². The summed E-state index contributed by atoms with van der Waals surface area (Å²) in [6.45, 7) is 10.3. The fourth-order valence-electron chi connectivity index (χ4n) is 2.91. The molecule has 0 aromatic rings. The molecule has 0 radical (unpaired) electrons. The van der Waals surface area contributed by atoms with E-state index < -0.39 is 6.29 Å². The number of fused-ring (bicyclic) bond motifs is 1. The maximum atomic E-state index is 11.7. The summed E-state index contributed by atoms with van der Waals surface area (Å²) in [5.74, 6) is 6.58. The molecule has 0 aromatic carbocycles. The van der Waals surface area contributed by atoms with Crippen molar-refractivity contribution in [2.24, 2.45) is 23.2 Å². The van der Waals surface area contributed by atoms with Gasteiger partial charge in [0.05, 0.1) is 5.92 Å².